The Morgan fingerprint density at radius 2 is 1.66 bits per heavy atom. The molecule has 0 bridgehead atoms. The van der Waals surface area contributed by atoms with Crippen LogP contribution in [-0.2, 0) is 14.3 Å². The summed E-state index contributed by atoms with van der Waals surface area (Å²) in [6.07, 6.45) is 1.47. The van der Waals surface area contributed by atoms with Crippen LogP contribution in [0.5, 0.6) is 0 Å². The molecule has 1 saturated heterocycles. The van der Waals surface area contributed by atoms with Crippen molar-refractivity contribution in [1.29, 1.82) is 0 Å². The molecule has 8 heteroatoms. The molecule has 2 aromatic carbocycles. The Labute approximate surface area is 204 Å². The van der Waals surface area contributed by atoms with E-state index in [0.29, 0.717) is 32.4 Å². The van der Waals surface area contributed by atoms with Gasteiger partial charge in [-0.05, 0) is 48.6 Å². The predicted molar refractivity (Wildman–Crippen MR) is 130 cm³/mol. The number of likely N-dealkylation sites (N-methyl/N-ethyl adjacent to an activating group) is 1. The lowest BCUT2D eigenvalue weighted by molar-refractivity contribution is -0.148. The van der Waals surface area contributed by atoms with Crippen molar-refractivity contribution in [3.8, 4) is 11.1 Å². The molecule has 3 unspecified atom stereocenters. The van der Waals surface area contributed by atoms with E-state index in [1.54, 1.807) is 16.8 Å². The third-order valence-corrected chi connectivity index (χ3v) is 7.69. The number of benzene rings is 2. The molecule has 35 heavy (non-hydrogen) atoms. The fourth-order valence-electron chi connectivity index (χ4n) is 5.74. The average Bonchev–Trinajstić information content (AvgIpc) is 3.45. The zero-order valence-corrected chi connectivity index (χ0v) is 19.9. The first kappa shape index (κ1) is 23.4. The number of alkyl carbamates (subject to hydrolysis) is 1. The van der Waals surface area contributed by atoms with Gasteiger partial charge in [0.15, 0.2) is 0 Å². The first-order valence-corrected chi connectivity index (χ1v) is 12.3. The molecule has 3 aliphatic rings. The molecule has 2 amide bonds. The van der Waals surface area contributed by atoms with E-state index in [1.807, 2.05) is 24.3 Å². The van der Waals surface area contributed by atoms with Gasteiger partial charge in [0.25, 0.3) is 0 Å². The summed E-state index contributed by atoms with van der Waals surface area (Å²) >= 11 is 0. The summed E-state index contributed by atoms with van der Waals surface area (Å²) < 4.78 is 5.65. The zero-order valence-electron chi connectivity index (χ0n) is 19.9. The number of rotatable bonds is 5. The highest BCUT2D eigenvalue weighted by atomic mass is 16.5. The number of fused-ring (bicyclic) bond motifs is 3. The Kier molecular flexibility index (Phi) is 6.47. The van der Waals surface area contributed by atoms with Gasteiger partial charge in [0.05, 0.1) is 0 Å². The number of amides is 2. The summed E-state index contributed by atoms with van der Waals surface area (Å²) in [6.45, 7) is 1.52. The van der Waals surface area contributed by atoms with Gasteiger partial charge >= 0.3 is 12.1 Å². The number of hydrogen-bond acceptors (Lipinski definition) is 5. The highest BCUT2D eigenvalue weighted by Gasteiger charge is 2.38. The second-order valence-electron chi connectivity index (χ2n) is 9.80. The van der Waals surface area contributed by atoms with Crippen molar-refractivity contribution in [2.24, 2.45) is 5.92 Å². The molecule has 3 atom stereocenters. The highest BCUT2D eigenvalue weighted by Crippen LogP contribution is 2.44. The van der Waals surface area contributed by atoms with E-state index < -0.39 is 18.1 Å². The Bertz CT molecular complexity index is 1090. The van der Waals surface area contributed by atoms with E-state index in [0.717, 1.165) is 0 Å². The van der Waals surface area contributed by atoms with Gasteiger partial charge in [-0.1, -0.05) is 48.5 Å². The standard InChI is InChI=1S/C27H31N3O5/c1-29-12-13-30(15-24(29)26(32)33)25(31)17-10-11-18(14-17)28-27(34)35-16-23-21-8-4-2-6-19(21)20-7-3-5-9-22(20)23/h2-9,17-18,23-24H,10-16H2,1H3,(H,28,34)(H,32,33). The molecule has 0 radical (unpaired) electrons. The number of hydrogen-bond donors (Lipinski definition) is 2. The van der Waals surface area contributed by atoms with Gasteiger partial charge in [-0.25, -0.2) is 4.79 Å². The van der Waals surface area contributed by atoms with Gasteiger partial charge in [0, 0.05) is 37.5 Å². The predicted octanol–water partition coefficient (Wildman–Crippen LogP) is 2.92. The lowest BCUT2D eigenvalue weighted by atomic mass is 9.98. The summed E-state index contributed by atoms with van der Waals surface area (Å²) in [4.78, 5) is 40.5. The summed E-state index contributed by atoms with van der Waals surface area (Å²) in [6, 6.07) is 15.6. The molecule has 1 heterocycles. The Morgan fingerprint density at radius 1 is 1.00 bits per heavy atom. The Balaban J connectivity index is 1.14. The average molecular weight is 478 g/mol. The second-order valence-corrected chi connectivity index (χ2v) is 9.80. The fourth-order valence-corrected chi connectivity index (χ4v) is 5.74. The minimum atomic E-state index is -0.911. The van der Waals surface area contributed by atoms with Crippen LogP contribution >= 0.6 is 0 Å². The lowest BCUT2D eigenvalue weighted by Gasteiger charge is -2.38. The van der Waals surface area contributed by atoms with E-state index >= 15 is 0 Å². The number of carbonyl (C=O) groups excluding carboxylic acids is 2. The molecule has 0 aromatic heterocycles. The molecule has 1 aliphatic heterocycles. The van der Waals surface area contributed by atoms with Crippen LogP contribution in [0.4, 0.5) is 4.79 Å². The summed E-state index contributed by atoms with van der Waals surface area (Å²) in [5.41, 5.74) is 4.70. The van der Waals surface area contributed by atoms with Crippen LogP contribution in [-0.4, -0.2) is 78.2 Å². The normalized spacial score (nSPS) is 24.0. The smallest absolute Gasteiger partial charge is 0.407 e. The van der Waals surface area contributed by atoms with E-state index in [9.17, 15) is 19.5 Å². The first-order valence-electron chi connectivity index (χ1n) is 12.3. The van der Waals surface area contributed by atoms with Gasteiger partial charge in [-0.15, -0.1) is 0 Å². The molecule has 5 rings (SSSR count). The molecule has 2 aromatic rings. The largest absolute Gasteiger partial charge is 0.480 e. The van der Waals surface area contributed by atoms with Crippen LogP contribution in [0.1, 0.15) is 36.3 Å². The van der Waals surface area contributed by atoms with Gasteiger partial charge in [0.2, 0.25) is 5.91 Å². The monoisotopic (exact) mass is 477 g/mol. The lowest BCUT2D eigenvalue weighted by Crippen LogP contribution is -2.57. The minimum absolute atomic E-state index is 0.00506. The van der Waals surface area contributed by atoms with Crippen LogP contribution in [0.2, 0.25) is 0 Å². The molecule has 184 valence electrons. The van der Waals surface area contributed by atoms with Crippen molar-refractivity contribution < 1.29 is 24.2 Å². The van der Waals surface area contributed by atoms with Gasteiger partial charge in [0.1, 0.15) is 12.6 Å². The number of ether oxygens (including phenoxy) is 1. The third-order valence-electron chi connectivity index (χ3n) is 7.69. The molecular formula is C27H31N3O5. The van der Waals surface area contributed by atoms with Crippen molar-refractivity contribution >= 4 is 18.0 Å². The number of aliphatic carboxylic acids is 1. The van der Waals surface area contributed by atoms with Crippen molar-refractivity contribution in [1.82, 2.24) is 15.1 Å². The highest BCUT2D eigenvalue weighted by molar-refractivity contribution is 5.82. The first-order chi connectivity index (χ1) is 16.9. The zero-order chi connectivity index (χ0) is 24.5. The topological polar surface area (TPSA) is 99.2 Å². The maximum atomic E-state index is 13.0. The fraction of sp³-hybridized carbons (Fsp3) is 0.444. The number of piperazine rings is 1. The van der Waals surface area contributed by atoms with Crippen molar-refractivity contribution in [2.45, 2.75) is 37.3 Å². The van der Waals surface area contributed by atoms with Gasteiger partial charge < -0.3 is 20.1 Å². The van der Waals surface area contributed by atoms with Gasteiger partial charge in [-0.2, -0.15) is 0 Å². The third kappa shape index (κ3) is 4.62. The Hall–Kier alpha value is -3.39. The van der Waals surface area contributed by atoms with E-state index in [-0.39, 0.29) is 36.9 Å². The molecule has 2 fully saturated rings. The molecule has 1 saturated carbocycles. The van der Waals surface area contributed by atoms with E-state index in [4.69, 9.17) is 4.74 Å². The molecule has 2 aliphatic carbocycles. The van der Waals surface area contributed by atoms with Crippen molar-refractivity contribution in [3.63, 3.8) is 0 Å². The maximum absolute atomic E-state index is 13.0. The van der Waals surface area contributed by atoms with E-state index in [1.165, 1.54) is 22.3 Å². The molecule has 0 spiro atoms. The van der Waals surface area contributed by atoms with E-state index in [2.05, 4.69) is 29.6 Å². The van der Waals surface area contributed by atoms with Crippen LogP contribution < -0.4 is 5.32 Å². The van der Waals surface area contributed by atoms with Crippen molar-refractivity contribution in [2.75, 3.05) is 33.3 Å². The van der Waals surface area contributed by atoms with Crippen LogP contribution in [0.15, 0.2) is 48.5 Å². The summed E-state index contributed by atoms with van der Waals surface area (Å²) in [5.74, 6) is -1.12. The minimum Gasteiger partial charge on any atom is -0.480 e. The molecular weight excluding hydrogens is 446 g/mol. The van der Waals surface area contributed by atoms with Gasteiger partial charge in [-0.3, -0.25) is 14.5 Å². The number of nitrogens with one attached hydrogen (secondary N) is 1. The number of carbonyl (C=O) groups is 3. The maximum Gasteiger partial charge on any atom is 0.407 e. The second kappa shape index (κ2) is 9.70. The quantitative estimate of drug-likeness (QED) is 0.687. The van der Waals surface area contributed by atoms with Crippen molar-refractivity contribution in [3.05, 3.63) is 59.7 Å². The SMILES string of the molecule is CN1CCN(C(=O)C2CCC(NC(=O)OCC3c4ccccc4-c4ccccc43)C2)CC1C(=O)O. The van der Waals surface area contributed by atoms with Crippen LogP contribution in [0.3, 0.4) is 0 Å². The van der Waals surface area contributed by atoms with Crippen LogP contribution in [0.25, 0.3) is 11.1 Å². The Morgan fingerprint density at radius 3 is 2.31 bits per heavy atom. The molecule has 8 nitrogen and oxygen atoms in total. The summed E-state index contributed by atoms with van der Waals surface area (Å²) in [7, 11) is 1.77. The number of nitrogens with zero attached hydrogens (tertiary/aromatic N) is 2. The van der Waals surface area contributed by atoms with Crippen LogP contribution in [0, 0.1) is 5.92 Å². The summed E-state index contributed by atoms with van der Waals surface area (Å²) in [5, 5.41) is 12.3. The number of carboxylic acids is 1. The molecule has 2 N–H and O–H groups in total. The number of carboxylic acid groups (broad SMARTS) is 1.